The van der Waals surface area contributed by atoms with E-state index in [4.69, 9.17) is 5.73 Å². The zero-order valence-corrected chi connectivity index (χ0v) is 9.77. The third kappa shape index (κ3) is 1.74. The van der Waals surface area contributed by atoms with Crippen LogP contribution in [-0.4, -0.2) is 53.5 Å². The molecule has 3 aliphatic rings. The summed E-state index contributed by atoms with van der Waals surface area (Å²) in [5.74, 6) is 0.281. The van der Waals surface area contributed by atoms with Crippen LogP contribution in [0.2, 0.25) is 0 Å². The van der Waals surface area contributed by atoms with E-state index < -0.39 is 0 Å². The second-order valence-electron chi connectivity index (χ2n) is 5.52. The topological polar surface area (TPSA) is 49.6 Å². The Hall–Kier alpha value is -0.610. The Balaban J connectivity index is 1.65. The first-order valence-corrected chi connectivity index (χ1v) is 6.53. The van der Waals surface area contributed by atoms with Gasteiger partial charge in [0.2, 0.25) is 5.91 Å². The number of rotatable bonds is 1. The van der Waals surface area contributed by atoms with Crippen molar-refractivity contribution in [3.63, 3.8) is 0 Å². The SMILES string of the molecule is NC1CC(=O)N(C2CCN3CCCC3C2)C1. The van der Waals surface area contributed by atoms with Crippen LogP contribution in [0, 0.1) is 0 Å². The fraction of sp³-hybridized carbons (Fsp3) is 0.917. The number of hydrogen-bond donors (Lipinski definition) is 1. The van der Waals surface area contributed by atoms with Gasteiger partial charge in [-0.1, -0.05) is 0 Å². The zero-order valence-electron chi connectivity index (χ0n) is 9.77. The van der Waals surface area contributed by atoms with Crippen molar-refractivity contribution in [2.75, 3.05) is 19.6 Å². The average molecular weight is 223 g/mol. The molecule has 90 valence electrons. The van der Waals surface area contributed by atoms with Gasteiger partial charge in [0.15, 0.2) is 0 Å². The van der Waals surface area contributed by atoms with E-state index in [1.54, 1.807) is 0 Å². The number of nitrogens with zero attached hydrogens (tertiary/aromatic N) is 2. The maximum Gasteiger partial charge on any atom is 0.224 e. The molecule has 0 radical (unpaired) electrons. The second kappa shape index (κ2) is 4.00. The van der Waals surface area contributed by atoms with Crippen molar-refractivity contribution >= 4 is 5.91 Å². The molecule has 3 heterocycles. The fourth-order valence-electron chi connectivity index (χ4n) is 3.60. The normalized spacial score (nSPS) is 40.4. The highest BCUT2D eigenvalue weighted by atomic mass is 16.2. The largest absolute Gasteiger partial charge is 0.338 e. The number of carbonyl (C=O) groups excluding carboxylic acids is 1. The average Bonchev–Trinajstić information content (AvgIpc) is 2.83. The number of fused-ring (bicyclic) bond motifs is 1. The molecule has 3 saturated heterocycles. The standard InChI is InChI=1S/C12H21N3O/c13-9-6-12(16)15(8-9)11-3-5-14-4-1-2-10(14)7-11/h9-11H,1-8,13H2. The Morgan fingerprint density at radius 2 is 2.06 bits per heavy atom. The molecule has 3 rings (SSSR count). The van der Waals surface area contributed by atoms with Gasteiger partial charge < -0.3 is 15.5 Å². The second-order valence-corrected chi connectivity index (χ2v) is 5.52. The van der Waals surface area contributed by atoms with E-state index in [-0.39, 0.29) is 11.9 Å². The molecule has 16 heavy (non-hydrogen) atoms. The summed E-state index contributed by atoms with van der Waals surface area (Å²) in [7, 11) is 0. The molecular formula is C12H21N3O. The Labute approximate surface area is 96.8 Å². The lowest BCUT2D eigenvalue weighted by Gasteiger charge is -2.39. The third-order valence-corrected chi connectivity index (χ3v) is 4.42. The minimum Gasteiger partial charge on any atom is -0.338 e. The van der Waals surface area contributed by atoms with E-state index in [0.717, 1.165) is 19.0 Å². The van der Waals surface area contributed by atoms with Gasteiger partial charge in [0.05, 0.1) is 0 Å². The number of piperidine rings is 1. The molecular weight excluding hydrogens is 202 g/mol. The number of amides is 1. The van der Waals surface area contributed by atoms with Crippen molar-refractivity contribution in [1.29, 1.82) is 0 Å². The molecule has 0 spiro atoms. The Kier molecular flexibility index (Phi) is 2.64. The van der Waals surface area contributed by atoms with Gasteiger partial charge in [-0.2, -0.15) is 0 Å². The van der Waals surface area contributed by atoms with E-state index in [0.29, 0.717) is 12.5 Å². The van der Waals surface area contributed by atoms with Crippen molar-refractivity contribution < 1.29 is 4.79 Å². The highest BCUT2D eigenvalue weighted by molar-refractivity contribution is 5.79. The van der Waals surface area contributed by atoms with Crippen LogP contribution in [0.4, 0.5) is 0 Å². The van der Waals surface area contributed by atoms with Crippen LogP contribution in [-0.2, 0) is 4.79 Å². The summed E-state index contributed by atoms with van der Waals surface area (Å²) in [6, 6.07) is 1.29. The van der Waals surface area contributed by atoms with Crippen LogP contribution in [0.5, 0.6) is 0 Å². The summed E-state index contributed by atoms with van der Waals surface area (Å²) < 4.78 is 0. The van der Waals surface area contributed by atoms with E-state index >= 15 is 0 Å². The maximum atomic E-state index is 11.8. The molecule has 0 bridgehead atoms. The third-order valence-electron chi connectivity index (χ3n) is 4.42. The lowest BCUT2D eigenvalue weighted by atomic mass is 9.96. The van der Waals surface area contributed by atoms with E-state index in [9.17, 15) is 4.79 Å². The van der Waals surface area contributed by atoms with E-state index in [1.165, 1.54) is 32.4 Å². The molecule has 4 nitrogen and oxygen atoms in total. The van der Waals surface area contributed by atoms with E-state index in [2.05, 4.69) is 9.80 Å². The predicted octanol–water partition coefficient (Wildman–Crippen LogP) is 0.173. The van der Waals surface area contributed by atoms with Gasteiger partial charge in [0.25, 0.3) is 0 Å². The monoisotopic (exact) mass is 223 g/mol. The van der Waals surface area contributed by atoms with Gasteiger partial charge in [-0.05, 0) is 32.2 Å². The van der Waals surface area contributed by atoms with Crippen LogP contribution < -0.4 is 5.73 Å². The van der Waals surface area contributed by atoms with Crippen molar-refractivity contribution in [2.24, 2.45) is 5.73 Å². The molecule has 0 aromatic rings. The number of hydrogen-bond acceptors (Lipinski definition) is 3. The van der Waals surface area contributed by atoms with Crippen LogP contribution >= 0.6 is 0 Å². The van der Waals surface area contributed by atoms with Crippen molar-refractivity contribution in [1.82, 2.24) is 9.80 Å². The smallest absolute Gasteiger partial charge is 0.224 e. The molecule has 0 aliphatic carbocycles. The Bertz CT molecular complexity index is 294. The molecule has 2 N–H and O–H groups in total. The molecule has 0 saturated carbocycles. The van der Waals surface area contributed by atoms with Crippen molar-refractivity contribution in [2.45, 2.75) is 50.2 Å². The highest BCUT2D eigenvalue weighted by Crippen LogP contribution is 2.30. The molecule has 0 aromatic heterocycles. The van der Waals surface area contributed by atoms with Crippen molar-refractivity contribution in [3.8, 4) is 0 Å². The summed E-state index contributed by atoms with van der Waals surface area (Å²) in [4.78, 5) is 16.5. The summed E-state index contributed by atoms with van der Waals surface area (Å²) in [6.45, 7) is 3.23. The first-order chi connectivity index (χ1) is 7.74. The lowest BCUT2D eigenvalue weighted by molar-refractivity contribution is -0.130. The van der Waals surface area contributed by atoms with Crippen LogP contribution in [0.1, 0.15) is 32.1 Å². The lowest BCUT2D eigenvalue weighted by Crippen LogP contribution is -2.48. The maximum absolute atomic E-state index is 11.8. The Morgan fingerprint density at radius 3 is 2.81 bits per heavy atom. The summed E-state index contributed by atoms with van der Waals surface area (Å²) in [5, 5.41) is 0. The van der Waals surface area contributed by atoms with Crippen LogP contribution in [0.3, 0.4) is 0 Å². The first kappa shape index (κ1) is 10.5. The van der Waals surface area contributed by atoms with Crippen LogP contribution in [0.15, 0.2) is 0 Å². The molecule has 3 fully saturated rings. The molecule has 3 aliphatic heterocycles. The number of likely N-dealkylation sites (tertiary alicyclic amines) is 1. The molecule has 4 heteroatoms. The molecule has 3 unspecified atom stereocenters. The fourth-order valence-corrected chi connectivity index (χ4v) is 3.60. The van der Waals surface area contributed by atoms with E-state index in [1.807, 2.05) is 0 Å². The van der Waals surface area contributed by atoms with Crippen molar-refractivity contribution in [3.05, 3.63) is 0 Å². The van der Waals surface area contributed by atoms with Gasteiger partial charge in [0, 0.05) is 37.6 Å². The zero-order chi connectivity index (χ0) is 11.1. The van der Waals surface area contributed by atoms with Gasteiger partial charge in [-0.15, -0.1) is 0 Å². The van der Waals surface area contributed by atoms with Gasteiger partial charge in [0.1, 0.15) is 0 Å². The minimum atomic E-state index is 0.0779. The predicted molar refractivity (Wildman–Crippen MR) is 61.9 cm³/mol. The molecule has 3 atom stereocenters. The number of carbonyl (C=O) groups is 1. The van der Waals surface area contributed by atoms with Crippen LogP contribution in [0.25, 0.3) is 0 Å². The summed E-state index contributed by atoms with van der Waals surface area (Å²) >= 11 is 0. The summed E-state index contributed by atoms with van der Waals surface area (Å²) in [6.07, 6.45) is 5.55. The minimum absolute atomic E-state index is 0.0779. The first-order valence-electron chi connectivity index (χ1n) is 6.53. The Morgan fingerprint density at radius 1 is 1.19 bits per heavy atom. The van der Waals surface area contributed by atoms with Gasteiger partial charge >= 0.3 is 0 Å². The summed E-state index contributed by atoms with van der Waals surface area (Å²) in [5.41, 5.74) is 5.86. The molecule has 1 amide bonds. The number of nitrogens with two attached hydrogens (primary N) is 1. The van der Waals surface area contributed by atoms with Gasteiger partial charge in [-0.3, -0.25) is 4.79 Å². The highest BCUT2D eigenvalue weighted by Gasteiger charge is 2.38. The molecule has 0 aromatic carbocycles. The van der Waals surface area contributed by atoms with Gasteiger partial charge in [-0.25, -0.2) is 0 Å². The quantitative estimate of drug-likeness (QED) is 0.689.